The zero-order chi connectivity index (χ0) is 25.9. The molecule has 10 heteroatoms. The van der Waals surface area contributed by atoms with E-state index in [1.807, 2.05) is 40.4 Å². The summed E-state index contributed by atoms with van der Waals surface area (Å²) in [5, 5.41) is 9.90. The van der Waals surface area contributed by atoms with Crippen molar-refractivity contribution in [3.05, 3.63) is 57.9 Å². The number of hydrogen-bond acceptors (Lipinski definition) is 7. The third kappa shape index (κ3) is 5.45. The number of thiophene rings is 1. The highest BCUT2D eigenvalue weighted by atomic mass is 32.2. The highest BCUT2D eigenvalue weighted by Crippen LogP contribution is 2.49. The molecule has 0 spiro atoms. The van der Waals surface area contributed by atoms with E-state index in [2.05, 4.69) is 32.2 Å². The van der Waals surface area contributed by atoms with Crippen molar-refractivity contribution in [3.63, 3.8) is 0 Å². The second-order valence-electron chi connectivity index (χ2n) is 9.47. The molecule has 3 aromatic rings. The minimum Gasteiger partial charge on any atom is -0.497 e. The summed E-state index contributed by atoms with van der Waals surface area (Å²) < 4.78 is 12.2. The van der Waals surface area contributed by atoms with Gasteiger partial charge in [-0.2, -0.15) is 5.10 Å². The van der Waals surface area contributed by atoms with E-state index >= 15 is 0 Å². The van der Waals surface area contributed by atoms with Gasteiger partial charge in [-0.25, -0.2) is 4.68 Å². The number of amides is 2. The number of fused-ring (bicyclic) bond motifs is 1. The zero-order valence-electron chi connectivity index (χ0n) is 21.2. The van der Waals surface area contributed by atoms with Crippen LogP contribution in [0.2, 0.25) is 0 Å². The van der Waals surface area contributed by atoms with Gasteiger partial charge in [-0.1, -0.05) is 26.8 Å². The number of nitrogens with zero attached hydrogens (tertiary/aromatic N) is 3. The van der Waals surface area contributed by atoms with Crippen LogP contribution in [0.1, 0.15) is 42.2 Å². The average Bonchev–Trinajstić information content (AvgIpc) is 3.49. The summed E-state index contributed by atoms with van der Waals surface area (Å²) in [5.74, 6) is 1.25. The van der Waals surface area contributed by atoms with Crippen LogP contribution in [0, 0.1) is 0 Å². The van der Waals surface area contributed by atoms with Crippen molar-refractivity contribution >= 4 is 40.7 Å². The van der Waals surface area contributed by atoms with Crippen LogP contribution in [0.25, 0.3) is 5.69 Å². The Labute approximate surface area is 220 Å². The van der Waals surface area contributed by atoms with E-state index in [9.17, 15) is 9.59 Å². The highest BCUT2D eigenvalue weighted by molar-refractivity contribution is 8.00. The molecule has 1 aromatic carbocycles. The van der Waals surface area contributed by atoms with Crippen LogP contribution in [0.15, 0.2) is 41.8 Å². The molecule has 0 radical (unpaired) electrons. The molecule has 0 aliphatic carbocycles. The number of nitrogens with one attached hydrogen (secondary N) is 1. The van der Waals surface area contributed by atoms with Gasteiger partial charge >= 0.3 is 0 Å². The van der Waals surface area contributed by atoms with E-state index in [1.165, 1.54) is 0 Å². The molecule has 4 rings (SSSR count). The lowest BCUT2D eigenvalue weighted by atomic mass is 9.88. The van der Waals surface area contributed by atoms with Gasteiger partial charge in [0, 0.05) is 29.5 Å². The van der Waals surface area contributed by atoms with E-state index < -0.39 is 0 Å². The lowest BCUT2D eigenvalue weighted by molar-refractivity contribution is -0.123. The highest BCUT2D eigenvalue weighted by Gasteiger charge is 2.40. The van der Waals surface area contributed by atoms with Crippen LogP contribution >= 0.6 is 23.1 Å². The fourth-order valence-corrected chi connectivity index (χ4v) is 6.31. The van der Waals surface area contributed by atoms with Crippen LogP contribution in [0.5, 0.6) is 5.75 Å². The van der Waals surface area contributed by atoms with Gasteiger partial charge in [-0.3, -0.25) is 14.5 Å². The zero-order valence-corrected chi connectivity index (χ0v) is 22.9. The smallest absolute Gasteiger partial charge is 0.240 e. The maximum absolute atomic E-state index is 13.5. The Morgan fingerprint density at radius 1 is 1.19 bits per heavy atom. The molecule has 0 bridgehead atoms. The summed E-state index contributed by atoms with van der Waals surface area (Å²) in [4.78, 5) is 29.2. The van der Waals surface area contributed by atoms with E-state index in [4.69, 9.17) is 14.6 Å². The first-order valence-electron chi connectivity index (χ1n) is 11.7. The fourth-order valence-electron chi connectivity index (χ4n) is 4.13. The molecular weight excluding hydrogens is 496 g/mol. The Morgan fingerprint density at radius 3 is 2.56 bits per heavy atom. The minimum atomic E-state index is -0.294. The van der Waals surface area contributed by atoms with Crippen molar-refractivity contribution in [2.24, 2.45) is 0 Å². The third-order valence-corrected chi connectivity index (χ3v) is 8.17. The predicted molar refractivity (Wildman–Crippen MR) is 145 cm³/mol. The lowest BCUT2D eigenvalue weighted by Gasteiger charge is -2.24. The summed E-state index contributed by atoms with van der Waals surface area (Å²) >= 11 is 3.25. The fraction of sp³-hybridized carbons (Fsp3) is 0.423. The quantitative estimate of drug-likeness (QED) is 0.442. The van der Waals surface area contributed by atoms with Gasteiger partial charge in [-0.15, -0.1) is 23.1 Å². The molecule has 1 aliphatic rings. The molecule has 1 atom stereocenters. The molecule has 0 unspecified atom stereocenters. The minimum absolute atomic E-state index is 0.0771. The topological polar surface area (TPSA) is 85.7 Å². The molecule has 1 aliphatic heterocycles. The van der Waals surface area contributed by atoms with Crippen molar-refractivity contribution < 1.29 is 19.1 Å². The van der Waals surface area contributed by atoms with Gasteiger partial charge in [0.05, 0.1) is 36.1 Å². The Hall–Kier alpha value is -2.82. The molecule has 8 nitrogen and oxygen atoms in total. The summed E-state index contributed by atoms with van der Waals surface area (Å²) in [6, 6.07) is 11.7. The van der Waals surface area contributed by atoms with Gasteiger partial charge in [0.25, 0.3) is 0 Å². The van der Waals surface area contributed by atoms with Crippen molar-refractivity contribution in [2.75, 3.05) is 44.6 Å². The molecule has 36 heavy (non-hydrogen) atoms. The molecule has 1 N–H and O–H groups in total. The van der Waals surface area contributed by atoms with E-state index in [1.54, 1.807) is 42.2 Å². The number of thioether (sulfide) groups is 1. The summed E-state index contributed by atoms with van der Waals surface area (Å²) in [6.45, 7) is 7.05. The number of aromatic nitrogens is 2. The number of methoxy groups -OCH3 is 2. The first-order valence-corrected chi connectivity index (χ1v) is 13.7. The Bertz CT molecular complexity index is 1200. The van der Waals surface area contributed by atoms with Crippen molar-refractivity contribution in [1.82, 2.24) is 15.1 Å². The second-order valence-corrected chi connectivity index (χ2v) is 11.5. The summed E-state index contributed by atoms with van der Waals surface area (Å²) in [7, 11) is 3.21. The van der Waals surface area contributed by atoms with Gasteiger partial charge in [0.15, 0.2) is 0 Å². The number of carbonyl (C=O) groups excluding carboxylic acids is 2. The second kappa shape index (κ2) is 11.1. The number of hydrogen-bond donors (Lipinski definition) is 1. The van der Waals surface area contributed by atoms with Gasteiger partial charge < -0.3 is 14.8 Å². The Balaban J connectivity index is 1.92. The summed E-state index contributed by atoms with van der Waals surface area (Å²) in [6.07, 6.45) is 0. The standard InChI is InChI=1S/C26H32N4O4S2/c1-26(2,3)24-22-23(19-7-6-14-35-19)36-16-21(32)29(15-20(31)27-12-13-33-4)25(22)30(28-24)17-8-10-18(34-5)11-9-17/h6-11,14,23H,12-13,15-16H2,1-5H3,(H,27,31)/t23-/m1/s1. The largest absolute Gasteiger partial charge is 0.497 e. The maximum Gasteiger partial charge on any atom is 0.240 e. The predicted octanol–water partition coefficient (Wildman–Crippen LogP) is 4.17. The van der Waals surface area contributed by atoms with Gasteiger partial charge in [0.1, 0.15) is 18.1 Å². The third-order valence-electron chi connectivity index (χ3n) is 5.85. The molecule has 2 aromatic heterocycles. The number of carbonyl (C=O) groups is 2. The maximum atomic E-state index is 13.5. The van der Waals surface area contributed by atoms with Crippen molar-refractivity contribution in [3.8, 4) is 11.4 Å². The molecular formula is C26H32N4O4S2. The number of ether oxygens (including phenoxy) is 2. The molecule has 2 amide bonds. The normalized spacial score (nSPS) is 16.0. The van der Waals surface area contributed by atoms with Crippen LogP contribution in [-0.2, 0) is 19.7 Å². The molecule has 0 fully saturated rings. The SMILES string of the molecule is COCCNC(=O)CN1C(=O)CS[C@H](c2cccs2)c2c(C(C)(C)C)nn(-c3ccc(OC)cc3)c21. The Morgan fingerprint density at radius 2 is 1.94 bits per heavy atom. The van der Waals surface area contributed by atoms with E-state index in [-0.39, 0.29) is 34.8 Å². The van der Waals surface area contributed by atoms with Crippen LogP contribution in [0.4, 0.5) is 5.82 Å². The molecule has 3 heterocycles. The van der Waals surface area contributed by atoms with Crippen molar-refractivity contribution in [1.29, 1.82) is 0 Å². The molecule has 0 saturated carbocycles. The first kappa shape index (κ1) is 26.2. The number of rotatable bonds is 8. The number of anilines is 1. The first-order chi connectivity index (χ1) is 17.2. The van der Waals surface area contributed by atoms with Gasteiger partial charge in [0.2, 0.25) is 11.8 Å². The van der Waals surface area contributed by atoms with Crippen molar-refractivity contribution in [2.45, 2.75) is 31.4 Å². The van der Waals surface area contributed by atoms with E-state index in [0.29, 0.717) is 19.0 Å². The molecule has 192 valence electrons. The van der Waals surface area contributed by atoms with Crippen LogP contribution < -0.4 is 15.0 Å². The van der Waals surface area contributed by atoms with Crippen LogP contribution in [0.3, 0.4) is 0 Å². The number of benzene rings is 1. The van der Waals surface area contributed by atoms with Crippen LogP contribution in [-0.4, -0.2) is 61.3 Å². The average molecular weight is 529 g/mol. The monoisotopic (exact) mass is 528 g/mol. The summed E-state index contributed by atoms with van der Waals surface area (Å²) in [5.41, 5.74) is 2.37. The Kier molecular flexibility index (Phi) is 8.07. The van der Waals surface area contributed by atoms with E-state index in [0.717, 1.165) is 27.6 Å². The van der Waals surface area contributed by atoms with Gasteiger partial charge in [-0.05, 0) is 35.7 Å². The lowest BCUT2D eigenvalue weighted by Crippen LogP contribution is -2.43. The molecule has 0 saturated heterocycles.